The Labute approximate surface area is 170 Å². The van der Waals surface area contributed by atoms with Gasteiger partial charge in [0, 0.05) is 25.1 Å². The molecule has 2 aromatic rings. The molecule has 0 bridgehead atoms. The first kappa shape index (κ1) is 20.6. The molecule has 2 atom stereocenters. The van der Waals surface area contributed by atoms with Crippen molar-refractivity contribution in [1.29, 1.82) is 0 Å². The van der Waals surface area contributed by atoms with Crippen LogP contribution in [0.15, 0.2) is 48.5 Å². The molecule has 29 heavy (non-hydrogen) atoms. The number of benzene rings is 2. The number of hydrogen-bond acceptors (Lipinski definition) is 4. The van der Waals surface area contributed by atoms with Crippen molar-refractivity contribution in [3.63, 3.8) is 0 Å². The van der Waals surface area contributed by atoms with Crippen LogP contribution in [0.4, 0.5) is 5.69 Å². The molecule has 0 aliphatic carbocycles. The van der Waals surface area contributed by atoms with Crippen LogP contribution >= 0.6 is 0 Å². The third kappa shape index (κ3) is 4.65. The number of nitrogens with one attached hydrogen (secondary N) is 1. The number of carbonyl (C=O) groups excluding carboxylic acids is 3. The fourth-order valence-corrected chi connectivity index (χ4v) is 3.62. The summed E-state index contributed by atoms with van der Waals surface area (Å²) in [5.74, 6) is -1.41. The first-order valence-corrected chi connectivity index (χ1v) is 9.69. The highest BCUT2D eigenvalue weighted by atomic mass is 16.5. The van der Waals surface area contributed by atoms with Crippen molar-refractivity contribution in [1.82, 2.24) is 5.32 Å². The number of carbonyl (C=O) groups is 3. The van der Waals surface area contributed by atoms with Gasteiger partial charge in [-0.2, -0.15) is 0 Å². The Morgan fingerprint density at radius 2 is 1.86 bits per heavy atom. The number of nitrogens with zero attached hydrogens (tertiary/aromatic N) is 1. The van der Waals surface area contributed by atoms with Crippen LogP contribution < -0.4 is 10.2 Å². The number of ether oxygens (including phenoxy) is 1. The van der Waals surface area contributed by atoms with Crippen molar-refractivity contribution in [3.05, 3.63) is 65.2 Å². The second-order valence-corrected chi connectivity index (χ2v) is 7.40. The van der Waals surface area contributed by atoms with Crippen LogP contribution in [0, 0.1) is 19.8 Å². The van der Waals surface area contributed by atoms with Crippen LogP contribution in [0.1, 0.15) is 23.1 Å². The van der Waals surface area contributed by atoms with Gasteiger partial charge in [-0.25, -0.2) is 4.79 Å². The molecule has 0 aromatic heterocycles. The third-order valence-electron chi connectivity index (χ3n) is 5.45. The minimum atomic E-state index is -0.792. The Morgan fingerprint density at radius 3 is 2.55 bits per heavy atom. The van der Waals surface area contributed by atoms with Crippen LogP contribution in [-0.4, -0.2) is 37.5 Å². The predicted molar refractivity (Wildman–Crippen MR) is 110 cm³/mol. The van der Waals surface area contributed by atoms with Gasteiger partial charge in [0.15, 0.2) is 0 Å². The van der Waals surface area contributed by atoms with E-state index in [1.54, 1.807) is 4.90 Å². The van der Waals surface area contributed by atoms with Crippen molar-refractivity contribution < 1.29 is 19.1 Å². The monoisotopic (exact) mass is 394 g/mol. The second kappa shape index (κ2) is 8.90. The SMILES string of the molecule is COC(=O)[C@@H](Cc1ccccc1)NC(=O)[C@H]1CC(=O)N(c2cccc(C)c2C)C1. The lowest BCUT2D eigenvalue weighted by molar-refractivity contribution is -0.145. The Morgan fingerprint density at radius 1 is 1.14 bits per heavy atom. The molecule has 3 rings (SSSR count). The van der Waals surface area contributed by atoms with Crippen LogP contribution in [0.5, 0.6) is 0 Å². The molecule has 1 saturated heterocycles. The number of aryl methyl sites for hydroxylation is 1. The van der Waals surface area contributed by atoms with Crippen molar-refractivity contribution in [3.8, 4) is 0 Å². The largest absolute Gasteiger partial charge is 0.467 e. The molecule has 0 radical (unpaired) electrons. The van der Waals surface area contributed by atoms with Crippen molar-refractivity contribution in [2.75, 3.05) is 18.6 Å². The number of anilines is 1. The van der Waals surface area contributed by atoms with E-state index in [2.05, 4.69) is 5.32 Å². The van der Waals surface area contributed by atoms with Crippen LogP contribution in [-0.2, 0) is 25.5 Å². The third-order valence-corrected chi connectivity index (χ3v) is 5.45. The van der Waals surface area contributed by atoms with E-state index in [-0.39, 0.29) is 18.2 Å². The lowest BCUT2D eigenvalue weighted by Gasteiger charge is -2.21. The quantitative estimate of drug-likeness (QED) is 0.764. The summed E-state index contributed by atoms with van der Waals surface area (Å²) in [7, 11) is 1.30. The van der Waals surface area contributed by atoms with Gasteiger partial charge in [-0.05, 0) is 36.6 Å². The summed E-state index contributed by atoms with van der Waals surface area (Å²) < 4.78 is 4.86. The summed E-state index contributed by atoms with van der Waals surface area (Å²) in [5.41, 5.74) is 3.87. The topological polar surface area (TPSA) is 75.7 Å². The average Bonchev–Trinajstić information content (AvgIpc) is 3.11. The van der Waals surface area contributed by atoms with Crippen LogP contribution in [0.3, 0.4) is 0 Å². The van der Waals surface area contributed by atoms with Crippen molar-refractivity contribution >= 4 is 23.5 Å². The molecule has 2 amide bonds. The molecule has 152 valence electrons. The zero-order valence-corrected chi connectivity index (χ0v) is 17.0. The molecule has 1 aliphatic heterocycles. The minimum Gasteiger partial charge on any atom is -0.467 e. The Balaban J connectivity index is 1.71. The first-order chi connectivity index (χ1) is 13.9. The van der Waals surface area contributed by atoms with Gasteiger partial charge in [0.05, 0.1) is 13.0 Å². The summed E-state index contributed by atoms with van der Waals surface area (Å²) in [4.78, 5) is 39.3. The predicted octanol–water partition coefficient (Wildman–Crippen LogP) is 2.56. The smallest absolute Gasteiger partial charge is 0.328 e. The van der Waals surface area contributed by atoms with E-state index < -0.39 is 17.9 Å². The van der Waals surface area contributed by atoms with E-state index in [0.717, 1.165) is 22.4 Å². The summed E-state index contributed by atoms with van der Waals surface area (Å²) in [6.07, 6.45) is 0.457. The Bertz CT molecular complexity index is 910. The number of hydrogen-bond donors (Lipinski definition) is 1. The molecule has 0 unspecified atom stereocenters. The fourth-order valence-electron chi connectivity index (χ4n) is 3.62. The minimum absolute atomic E-state index is 0.0865. The summed E-state index contributed by atoms with van der Waals surface area (Å²) in [6.45, 7) is 4.26. The van der Waals surface area contributed by atoms with Crippen molar-refractivity contribution in [2.45, 2.75) is 32.7 Å². The molecular weight excluding hydrogens is 368 g/mol. The van der Waals surface area contributed by atoms with E-state index in [4.69, 9.17) is 4.74 Å². The average molecular weight is 394 g/mol. The maximum atomic E-state index is 12.8. The maximum Gasteiger partial charge on any atom is 0.328 e. The highest BCUT2D eigenvalue weighted by molar-refractivity contribution is 6.01. The molecule has 1 fully saturated rings. The van der Waals surface area contributed by atoms with Gasteiger partial charge in [-0.3, -0.25) is 9.59 Å². The molecule has 6 heteroatoms. The number of rotatable bonds is 6. The Kier molecular flexibility index (Phi) is 6.32. The summed E-state index contributed by atoms with van der Waals surface area (Å²) in [5, 5.41) is 2.78. The van der Waals surface area contributed by atoms with Gasteiger partial charge in [0.1, 0.15) is 6.04 Å². The number of methoxy groups -OCH3 is 1. The van der Waals surface area contributed by atoms with Gasteiger partial charge in [0.2, 0.25) is 11.8 Å². The summed E-state index contributed by atoms with van der Waals surface area (Å²) >= 11 is 0. The molecule has 6 nitrogen and oxygen atoms in total. The second-order valence-electron chi connectivity index (χ2n) is 7.40. The van der Waals surface area contributed by atoms with Gasteiger partial charge < -0.3 is 15.0 Å². The summed E-state index contributed by atoms with van der Waals surface area (Å²) in [6, 6.07) is 14.4. The normalized spacial score (nSPS) is 17.1. The molecule has 0 spiro atoms. The highest BCUT2D eigenvalue weighted by Crippen LogP contribution is 2.29. The van der Waals surface area contributed by atoms with E-state index in [9.17, 15) is 14.4 Å². The van der Waals surface area contributed by atoms with Gasteiger partial charge in [-0.1, -0.05) is 42.5 Å². The number of esters is 1. The zero-order chi connectivity index (χ0) is 21.0. The van der Waals surface area contributed by atoms with Gasteiger partial charge in [0.25, 0.3) is 0 Å². The fraction of sp³-hybridized carbons (Fsp3) is 0.348. The molecule has 2 aromatic carbocycles. The molecule has 0 saturated carbocycles. The lowest BCUT2D eigenvalue weighted by atomic mass is 10.0. The van der Waals surface area contributed by atoms with Crippen LogP contribution in [0.25, 0.3) is 0 Å². The maximum absolute atomic E-state index is 12.8. The van der Waals surface area contributed by atoms with Gasteiger partial charge in [-0.15, -0.1) is 0 Å². The van der Waals surface area contributed by atoms with Crippen molar-refractivity contribution in [2.24, 2.45) is 5.92 Å². The first-order valence-electron chi connectivity index (χ1n) is 9.69. The van der Waals surface area contributed by atoms with E-state index in [0.29, 0.717) is 13.0 Å². The Hall–Kier alpha value is -3.15. The van der Waals surface area contributed by atoms with E-state index in [1.165, 1.54) is 7.11 Å². The van der Waals surface area contributed by atoms with Gasteiger partial charge >= 0.3 is 5.97 Å². The molecule has 1 heterocycles. The standard InChI is InChI=1S/C23H26N2O4/c1-15-8-7-11-20(16(15)2)25-14-18(13-21(25)26)22(27)24-19(23(28)29-3)12-17-9-5-4-6-10-17/h4-11,18-19H,12-14H2,1-3H3,(H,24,27)/t18-,19+/m0/s1. The molecule has 1 N–H and O–H groups in total. The van der Waals surface area contributed by atoms with E-state index in [1.807, 2.05) is 62.4 Å². The molecular formula is C23H26N2O4. The van der Waals surface area contributed by atoms with Crippen LogP contribution in [0.2, 0.25) is 0 Å². The van der Waals surface area contributed by atoms with E-state index >= 15 is 0 Å². The molecule has 1 aliphatic rings. The lowest BCUT2D eigenvalue weighted by Crippen LogP contribution is -2.46. The number of amides is 2. The highest BCUT2D eigenvalue weighted by Gasteiger charge is 2.37. The zero-order valence-electron chi connectivity index (χ0n) is 17.0.